The molecule has 2 rings (SSSR count). The summed E-state index contributed by atoms with van der Waals surface area (Å²) in [4.78, 5) is 0. The van der Waals surface area contributed by atoms with Crippen molar-refractivity contribution in [2.45, 2.75) is 65.3 Å². The lowest BCUT2D eigenvalue weighted by Gasteiger charge is -2.16. The van der Waals surface area contributed by atoms with E-state index in [1.54, 1.807) is 0 Å². The molecule has 1 aromatic rings. The van der Waals surface area contributed by atoms with E-state index in [2.05, 4.69) is 60.2 Å². The van der Waals surface area contributed by atoms with Crippen LogP contribution < -0.4 is 5.32 Å². The van der Waals surface area contributed by atoms with Gasteiger partial charge in [0.05, 0.1) is 12.7 Å². The van der Waals surface area contributed by atoms with Crippen molar-refractivity contribution >= 4 is 15.9 Å². The monoisotopic (exact) mass is 339 g/mol. The number of rotatable bonds is 8. The first-order valence-corrected chi connectivity index (χ1v) is 8.46. The zero-order valence-corrected chi connectivity index (χ0v) is 14.4. The Labute approximate surface area is 131 Å². The summed E-state index contributed by atoms with van der Waals surface area (Å²) in [6.45, 7) is 8.27. The SMILES string of the molecule is CC(C)CC(C)OCc1ccc(CNC2CC2)cc1Br. The maximum absolute atomic E-state index is 5.92. The molecular weight excluding hydrogens is 314 g/mol. The molecule has 0 aromatic heterocycles. The molecule has 2 nitrogen and oxygen atoms in total. The Morgan fingerprint density at radius 3 is 2.65 bits per heavy atom. The predicted octanol–water partition coefficient (Wildman–Crippen LogP) is 4.65. The van der Waals surface area contributed by atoms with Crippen molar-refractivity contribution in [3.63, 3.8) is 0 Å². The second-order valence-corrected chi connectivity index (χ2v) is 7.19. The Hall–Kier alpha value is -0.380. The topological polar surface area (TPSA) is 21.3 Å². The van der Waals surface area contributed by atoms with Crippen LogP contribution in [-0.2, 0) is 17.9 Å². The van der Waals surface area contributed by atoms with E-state index < -0.39 is 0 Å². The normalized spacial score (nSPS) is 16.6. The highest BCUT2D eigenvalue weighted by atomic mass is 79.9. The van der Waals surface area contributed by atoms with Gasteiger partial charge < -0.3 is 10.1 Å². The van der Waals surface area contributed by atoms with Gasteiger partial charge in [0, 0.05) is 17.1 Å². The molecule has 20 heavy (non-hydrogen) atoms. The second-order valence-electron chi connectivity index (χ2n) is 6.33. The standard InChI is InChI=1S/C17H26BrNO/c1-12(2)8-13(3)20-11-15-5-4-14(9-17(15)18)10-19-16-6-7-16/h4-5,9,12-13,16,19H,6-8,10-11H2,1-3H3. The van der Waals surface area contributed by atoms with Gasteiger partial charge in [-0.15, -0.1) is 0 Å². The van der Waals surface area contributed by atoms with Crippen LogP contribution in [0.15, 0.2) is 22.7 Å². The average Bonchev–Trinajstić information content (AvgIpc) is 3.18. The second kappa shape index (κ2) is 7.58. The molecular formula is C17H26BrNO. The average molecular weight is 340 g/mol. The van der Waals surface area contributed by atoms with Gasteiger partial charge in [-0.05, 0) is 49.3 Å². The lowest BCUT2D eigenvalue weighted by atomic mass is 10.1. The van der Waals surface area contributed by atoms with Crippen LogP contribution in [0.25, 0.3) is 0 Å². The van der Waals surface area contributed by atoms with Crippen LogP contribution in [0, 0.1) is 5.92 Å². The lowest BCUT2D eigenvalue weighted by molar-refractivity contribution is 0.0394. The Morgan fingerprint density at radius 1 is 1.30 bits per heavy atom. The van der Waals surface area contributed by atoms with Gasteiger partial charge in [-0.25, -0.2) is 0 Å². The maximum atomic E-state index is 5.92. The molecule has 112 valence electrons. The molecule has 1 aromatic carbocycles. The molecule has 3 heteroatoms. The predicted molar refractivity (Wildman–Crippen MR) is 87.7 cm³/mol. The third-order valence-corrected chi connectivity index (χ3v) is 4.35. The molecule has 1 fully saturated rings. The highest BCUT2D eigenvalue weighted by Gasteiger charge is 2.20. The number of hydrogen-bond donors (Lipinski definition) is 1. The fourth-order valence-electron chi connectivity index (χ4n) is 2.33. The molecule has 1 aliphatic carbocycles. The third-order valence-electron chi connectivity index (χ3n) is 3.62. The number of ether oxygens (including phenoxy) is 1. The molecule has 0 heterocycles. The van der Waals surface area contributed by atoms with Gasteiger partial charge in [-0.2, -0.15) is 0 Å². The van der Waals surface area contributed by atoms with Gasteiger partial charge in [0.2, 0.25) is 0 Å². The summed E-state index contributed by atoms with van der Waals surface area (Å²) in [6.07, 6.45) is 4.10. The van der Waals surface area contributed by atoms with Crippen LogP contribution in [-0.4, -0.2) is 12.1 Å². The summed E-state index contributed by atoms with van der Waals surface area (Å²) < 4.78 is 7.08. The van der Waals surface area contributed by atoms with Crippen molar-refractivity contribution in [1.29, 1.82) is 0 Å². The van der Waals surface area contributed by atoms with E-state index in [1.807, 2.05) is 0 Å². The summed E-state index contributed by atoms with van der Waals surface area (Å²) in [7, 11) is 0. The maximum Gasteiger partial charge on any atom is 0.0731 e. The fourth-order valence-corrected chi connectivity index (χ4v) is 2.87. The van der Waals surface area contributed by atoms with Crippen molar-refractivity contribution in [1.82, 2.24) is 5.32 Å². The van der Waals surface area contributed by atoms with Crippen LogP contribution in [0.5, 0.6) is 0 Å². The molecule has 1 atom stereocenters. The number of nitrogens with one attached hydrogen (secondary N) is 1. The zero-order chi connectivity index (χ0) is 14.5. The van der Waals surface area contributed by atoms with Crippen LogP contribution in [0.2, 0.25) is 0 Å². The fraction of sp³-hybridized carbons (Fsp3) is 0.647. The highest BCUT2D eigenvalue weighted by Crippen LogP contribution is 2.23. The number of halogens is 1. The lowest BCUT2D eigenvalue weighted by Crippen LogP contribution is -2.15. The van der Waals surface area contributed by atoms with Crippen LogP contribution >= 0.6 is 15.9 Å². The quantitative estimate of drug-likeness (QED) is 0.744. The summed E-state index contributed by atoms with van der Waals surface area (Å²) in [5.74, 6) is 0.685. The smallest absolute Gasteiger partial charge is 0.0731 e. The molecule has 0 radical (unpaired) electrons. The van der Waals surface area contributed by atoms with Gasteiger partial charge in [0.15, 0.2) is 0 Å². The van der Waals surface area contributed by atoms with Gasteiger partial charge >= 0.3 is 0 Å². The number of benzene rings is 1. The van der Waals surface area contributed by atoms with E-state index in [4.69, 9.17) is 4.74 Å². The largest absolute Gasteiger partial charge is 0.374 e. The van der Waals surface area contributed by atoms with Gasteiger partial charge in [0.1, 0.15) is 0 Å². The van der Waals surface area contributed by atoms with Crippen LogP contribution in [0.1, 0.15) is 51.2 Å². The first-order chi connectivity index (χ1) is 9.54. The van der Waals surface area contributed by atoms with E-state index in [0.717, 1.165) is 23.5 Å². The van der Waals surface area contributed by atoms with E-state index in [9.17, 15) is 0 Å². The van der Waals surface area contributed by atoms with Gasteiger partial charge in [-0.3, -0.25) is 0 Å². The van der Waals surface area contributed by atoms with Gasteiger partial charge in [0.25, 0.3) is 0 Å². The van der Waals surface area contributed by atoms with E-state index in [-0.39, 0.29) is 0 Å². The summed E-state index contributed by atoms with van der Waals surface area (Å²) in [5, 5.41) is 3.54. The van der Waals surface area contributed by atoms with Crippen molar-refractivity contribution in [2.24, 2.45) is 5.92 Å². The summed E-state index contributed by atoms with van der Waals surface area (Å²) in [5.41, 5.74) is 2.57. The number of hydrogen-bond acceptors (Lipinski definition) is 2. The minimum absolute atomic E-state index is 0.318. The Kier molecular flexibility index (Phi) is 6.06. The first kappa shape index (κ1) is 16.0. The molecule has 0 saturated heterocycles. The Morgan fingerprint density at radius 2 is 2.05 bits per heavy atom. The van der Waals surface area contributed by atoms with Crippen LogP contribution in [0.3, 0.4) is 0 Å². The molecule has 0 bridgehead atoms. The minimum atomic E-state index is 0.318. The minimum Gasteiger partial charge on any atom is -0.374 e. The molecule has 0 aliphatic heterocycles. The van der Waals surface area contributed by atoms with Crippen LogP contribution in [0.4, 0.5) is 0 Å². The zero-order valence-electron chi connectivity index (χ0n) is 12.8. The summed E-state index contributed by atoms with van der Waals surface area (Å²) >= 11 is 3.66. The highest BCUT2D eigenvalue weighted by molar-refractivity contribution is 9.10. The molecule has 0 spiro atoms. The van der Waals surface area contributed by atoms with Crippen molar-refractivity contribution in [3.8, 4) is 0 Å². The Bertz CT molecular complexity index is 429. The third kappa shape index (κ3) is 5.55. The van der Waals surface area contributed by atoms with E-state index in [0.29, 0.717) is 18.6 Å². The molecule has 1 aliphatic rings. The van der Waals surface area contributed by atoms with E-state index >= 15 is 0 Å². The van der Waals surface area contributed by atoms with Crippen molar-refractivity contribution in [3.05, 3.63) is 33.8 Å². The molecule has 1 N–H and O–H groups in total. The summed E-state index contributed by atoms with van der Waals surface area (Å²) in [6, 6.07) is 7.34. The van der Waals surface area contributed by atoms with Crippen molar-refractivity contribution in [2.75, 3.05) is 0 Å². The van der Waals surface area contributed by atoms with E-state index in [1.165, 1.54) is 24.0 Å². The molecule has 0 amide bonds. The van der Waals surface area contributed by atoms with Gasteiger partial charge in [-0.1, -0.05) is 41.9 Å². The Balaban J connectivity index is 1.81. The molecule has 1 unspecified atom stereocenters. The first-order valence-electron chi connectivity index (χ1n) is 7.67. The van der Waals surface area contributed by atoms with Crippen molar-refractivity contribution < 1.29 is 4.74 Å². The molecule has 1 saturated carbocycles.